The van der Waals surface area contributed by atoms with Gasteiger partial charge in [0.25, 0.3) is 0 Å². The first-order valence-corrected chi connectivity index (χ1v) is 12.3. The Labute approximate surface area is 192 Å². The van der Waals surface area contributed by atoms with E-state index in [0.29, 0.717) is 5.92 Å². The standard InChI is InChI=1S/C28H36N2O2/c1-4-19-6-5-7-21(16-19)22-8-9-24-23(17-22)10-13-28(2,3)26(24)30(27(31)32)25-18-29-14-11-20(25)12-15-29/h5-9,16-17,20,25-26H,4,10-15,18H2,1-3H3,(H,31,32)/t25-,26+/m1/s1. The fourth-order valence-electron chi connectivity index (χ4n) is 6.47. The highest BCUT2D eigenvalue weighted by molar-refractivity contribution is 5.69. The third kappa shape index (κ3) is 3.73. The first-order valence-electron chi connectivity index (χ1n) is 12.3. The van der Waals surface area contributed by atoms with Crippen LogP contribution in [-0.4, -0.2) is 46.7 Å². The Kier molecular flexibility index (Phi) is 5.53. The second kappa shape index (κ2) is 8.22. The van der Waals surface area contributed by atoms with E-state index in [0.717, 1.165) is 51.7 Å². The van der Waals surface area contributed by atoms with Gasteiger partial charge in [0.15, 0.2) is 0 Å². The molecule has 3 fully saturated rings. The number of piperidine rings is 3. The molecule has 3 saturated heterocycles. The van der Waals surface area contributed by atoms with Crippen LogP contribution in [0.25, 0.3) is 11.1 Å². The van der Waals surface area contributed by atoms with Crippen LogP contribution in [0.3, 0.4) is 0 Å². The highest BCUT2D eigenvalue weighted by Crippen LogP contribution is 2.50. The third-order valence-electron chi connectivity index (χ3n) is 8.36. The minimum Gasteiger partial charge on any atom is -0.465 e. The van der Waals surface area contributed by atoms with E-state index in [1.165, 1.54) is 27.8 Å². The largest absolute Gasteiger partial charge is 0.465 e. The summed E-state index contributed by atoms with van der Waals surface area (Å²) < 4.78 is 0. The molecule has 0 radical (unpaired) electrons. The van der Waals surface area contributed by atoms with E-state index in [4.69, 9.17) is 0 Å². The van der Waals surface area contributed by atoms with E-state index in [1.54, 1.807) is 0 Å². The van der Waals surface area contributed by atoms with Gasteiger partial charge >= 0.3 is 6.09 Å². The van der Waals surface area contributed by atoms with Crippen LogP contribution < -0.4 is 0 Å². The maximum absolute atomic E-state index is 12.7. The molecule has 0 spiro atoms. The molecule has 4 nitrogen and oxygen atoms in total. The lowest BCUT2D eigenvalue weighted by Crippen LogP contribution is -2.61. The van der Waals surface area contributed by atoms with Gasteiger partial charge in [-0.3, -0.25) is 4.90 Å². The molecule has 2 aromatic rings. The zero-order valence-electron chi connectivity index (χ0n) is 19.7. The number of hydrogen-bond donors (Lipinski definition) is 1. The maximum Gasteiger partial charge on any atom is 0.408 e. The lowest BCUT2D eigenvalue weighted by molar-refractivity contribution is -0.0352. The minimum absolute atomic E-state index is 0.0823. The Hall–Kier alpha value is -2.33. The Morgan fingerprint density at radius 3 is 2.53 bits per heavy atom. The highest BCUT2D eigenvalue weighted by atomic mass is 16.4. The highest BCUT2D eigenvalue weighted by Gasteiger charge is 2.48. The molecule has 170 valence electrons. The van der Waals surface area contributed by atoms with E-state index >= 15 is 0 Å². The second-order valence-corrected chi connectivity index (χ2v) is 10.8. The molecule has 1 N–H and O–H groups in total. The molecule has 4 aliphatic rings. The summed E-state index contributed by atoms with van der Waals surface area (Å²) in [6, 6.07) is 15.5. The summed E-state index contributed by atoms with van der Waals surface area (Å²) in [4.78, 5) is 17.1. The topological polar surface area (TPSA) is 43.8 Å². The molecule has 3 aliphatic heterocycles. The van der Waals surface area contributed by atoms with Crippen molar-refractivity contribution in [3.63, 3.8) is 0 Å². The van der Waals surface area contributed by atoms with Gasteiger partial charge in [-0.1, -0.05) is 63.2 Å². The molecule has 1 amide bonds. The number of nitrogens with zero attached hydrogens (tertiary/aromatic N) is 2. The fourth-order valence-corrected chi connectivity index (χ4v) is 6.47. The molecule has 0 unspecified atom stereocenters. The monoisotopic (exact) mass is 432 g/mol. The molecule has 1 aliphatic carbocycles. The average molecular weight is 433 g/mol. The van der Waals surface area contributed by atoms with E-state index in [1.807, 2.05) is 4.90 Å². The van der Waals surface area contributed by atoms with Crippen LogP contribution in [0.2, 0.25) is 0 Å². The molecule has 2 atom stereocenters. The van der Waals surface area contributed by atoms with Crippen molar-refractivity contribution in [1.29, 1.82) is 0 Å². The van der Waals surface area contributed by atoms with E-state index in [-0.39, 0.29) is 17.5 Å². The molecule has 32 heavy (non-hydrogen) atoms. The van der Waals surface area contributed by atoms with Gasteiger partial charge in [0, 0.05) is 6.54 Å². The Morgan fingerprint density at radius 2 is 1.88 bits per heavy atom. The van der Waals surface area contributed by atoms with Crippen molar-refractivity contribution in [3.05, 3.63) is 59.2 Å². The summed E-state index contributed by atoms with van der Waals surface area (Å²) >= 11 is 0. The number of amides is 1. The third-order valence-corrected chi connectivity index (χ3v) is 8.36. The molecular weight excluding hydrogens is 396 g/mol. The SMILES string of the molecule is CCc1cccc(-c2ccc3c(c2)CCC(C)(C)[C@H]3N(C(=O)O)[C@@H]2CN3CCC2CC3)c1. The van der Waals surface area contributed by atoms with Crippen LogP contribution in [0.15, 0.2) is 42.5 Å². The fraction of sp³-hybridized carbons (Fsp3) is 0.536. The number of aryl methyl sites for hydroxylation is 2. The van der Waals surface area contributed by atoms with Crippen LogP contribution in [0.4, 0.5) is 4.79 Å². The van der Waals surface area contributed by atoms with E-state index < -0.39 is 6.09 Å². The predicted octanol–water partition coefficient (Wildman–Crippen LogP) is 6.00. The van der Waals surface area contributed by atoms with Crippen LogP contribution in [0.1, 0.15) is 62.8 Å². The Balaban J connectivity index is 1.54. The van der Waals surface area contributed by atoms with Gasteiger partial charge in [-0.2, -0.15) is 0 Å². The quantitative estimate of drug-likeness (QED) is 0.644. The molecule has 2 bridgehead atoms. The van der Waals surface area contributed by atoms with Gasteiger partial charge in [-0.15, -0.1) is 0 Å². The van der Waals surface area contributed by atoms with Gasteiger partial charge in [0.1, 0.15) is 0 Å². The minimum atomic E-state index is -0.755. The van der Waals surface area contributed by atoms with Gasteiger partial charge in [-0.05, 0) is 84.3 Å². The molecule has 4 heteroatoms. The van der Waals surface area contributed by atoms with Crippen molar-refractivity contribution in [3.8, 4) is 11.1 Å². The first-order chi connectivity index (χ1) is 15.4. The van der Waals surface area contributed by atoms with Crippen molar-refractivity contribution in [2.24, 2.45) is 11.3 Å². The van der Waals surface area contributed by atoms with Crippen LogP contribution in [-0.2, 0) is 12.8 Å². The van der Waals surface area contributed by atoms with Crippen molar-refractivity contribution < 1.29 is 9.90 Å². The zero-order chi connectivity index (χ0) is 22.5. The van der Waals surface area contributed by atoms with Gasteiger partial charge in [-0.25, -0.2) is 4.79 Å². The van der Waals surface area contributed by atoms with E-state index in [2.05, 4.69) is 68.1 Å². The summed E-state index contributed by atoms with van der Waals surface area (Å²) in [6.45, 7) is 9.85. The van der Waals surface area contributed by atoms with Gasteiger partial charge < -0.3 is 10.0 Å². The molecular formula is C28H36N2O2. The van der Waals surface area contributed by atoms with Crippen molar-refractivity contribution in [2.45, 2.75) is 65.0 Å². The molecule has 2 aromatic carbocycles. The van der Waals surface area contributed by atoms with Crippen molar-refractivity contribution >= 4 is 6.09 Å². The Bertz CT molecular complexity index is 1010. The average Bonchev–Trinajstić information content (AvgIpc) is 2.81. The summed E-state index contributed by atoms with van der Waals surface area (Å²) in [5.41, 5.74) is 6.29. The summed E-state index contributed by atoms with van der Waals surface area (Å²) in [5.74, 6) is 0.494. The molecule has 0 aromatic heterocycles. The smallest absolute Gasteiger partial charge is 0.408 e. The number of carbonyl (C=O) groups is 1. The first kappa shape index (κ1) is 21.5. The second-order valence-electron chi connectivity index (χ2n) is 10.8. The lowest BCUT2D eigenvalue weighted by Gasteiger charge is -2.54. The van der Waals surface area contributed by atoms with Crippen molar-refractivity contribution in [1.82, 2.24) is 9.80 Å². The molecule has 6 rings (SSSR count). The zero-order valence-corrected chi connectivity index (χ0v) is 19.7. The summed E-state index contributed by atoms with van der Waals surface area (Å²) in [6.07, 6.45) is 4.54. The normalized spacial score (nSPS) is 28.2. The summed E-state index contributed by atoms with van der Waals surface area (Å²) in [7, 11) is 0. The maximum atomic E-state index is 12.7. The van der Waals surface area contributed by atoms with Crippen LogP contribution in [0, 0.1) is 11.3 Å². The molecule has 3 heterocycles. The summed E-state index contributed by atoms with van der Waals surface area (Å²) in [5, 5.41) is 10.5. The lowest BCUT2D eigenvalue weighted by atomic mass is 9.68. The van der Waals surface area contributed by atoms with Gasteiger partial charge in [0.2, 0.25) is 0 Å². The van der Waals surface area contributed by atoms with E-state index in [9.17, 15) is 9.90 Å². The predicted molar refractivity (Wildman–Crippen MR) is 129 cm³/mol. The number of fused-ring (bicyclic) bond motifs is 4. The number of hydrogen-bond acceptors (Lipinski definition) is 2. The van der Waals surface area contributed by atoms with Crippen LogP contribution in [0.5, 0.6) is 0 Å². The number of benzene rings is 2. The number of rotatable bonds is 4. The number of carboxylic acid groups (broad SMARTS) is 1. The van der Waals surface area contributed by atoms with Crippen molar-refractivity contribution in [2.75, 3.05) is 19.6 Å². The molecule has 0 saturated carbocycles. The van der Waals surface area contributed by atoms with Crippen LogP contribution >= 0.6 is 0 Å². The Morgan fingerprint density at radius 1 is 1.12 bits per heavy atom. The van der Waals surface area contributed by atoms with Gasteiger partial charge in [0.05, 0.1) is 12.1 Å².